The maximum atomic E-state index is 5.11. The Morgan fingerprint density at radius 3 is 2.81 bits per heavy atom. The first-order valence-electron chi connectivity index (χ1n) is 10.1. The second kappa shape index (κ2) is 12.7. The fourth-order valence-electron chi connectivity index (χ4n) is 3.50. The molecular weight excluding hydrogens is 338 g/mol. The maximum Gasteiger partial charge on any atom is 0.191 e. The Morgan fingerprint density at radius 1 is 1.26 bits per heavy atom. The van der Waals surface area contributed by atoms with Crippen LogP contribution >= 0.6 is 0 Å². The number of ether oxygens (including phenoxy) is 1. The fraction of sp³-hybridized carbons (Fsp3) is 0.667. The van der Waals surface area contributed by atoms with E-state index in [1.54, 1.807) is 7.11 Å². The van der Waals surface area contributed by atoms with Gasteiger partial charge in [-0.2, -0.15) is 0 Å². The molecule has 152 valence electrons. The van der Waals surface area contributed by atoms with Crippen molar-refractivity contribution in [2.45, 2.75) is 31.8 Å². The summed E-state index contributed by atoms with van der Waals surface area (Å²) >= 11 is 0. The molecule has 1 aromatic carbocycles. The monoisotopic (exact) mass is 375 g/mol. The lowest BCUT2D eigenvalue weighted by Gasteiger charge is -2.25. The number of likely N-dealkylation sites (N-methyl/N-ethyl adjacent to an activating group) is 1. The van der Waals surface area contributed by atoms with E-state index >= 15 is 0 Å². The first kappa shape index (κ1) is 21.7. The van der Waals surface area contributed by atoms with E-state index in [0.29, 0.717) is 6.04 Å². The van der Waals surface area contributed by atoms with Gasteiger partial charge in [0.25, 0.3) is 0 Å². The summed E-state index contributed by atoms with van der Waals surface area (Å²) in [5, 5.41) is 6.94. The van der Waals surface area contributed by atoms with Crippen LogP contribution in [0.5, 0.6) is 0 Å². The molecule has 0 spiro atoms. The molecule has 1 saturated heterocycles. The molecule has 0 saturated carbocycles. The molecule has 1 aliphatic heterocycles. The van der Waals surface area contributed by atoms with Crippen molar-refractivity contribution in [3.63, 3.8) is 0 Å². The smallest absolute Gasteiger partial charge is 0.191 e. The van der Waals surface area contributed by atoms with Crippen LogP contribution in [0.15, 0.2) is 35.3 Å². The van der Waals surface area contributed by atoms with Crippen LogP contribution in [0.1, 0.15) is 24.8 Å². The number of guanidine groups is 1. The summed E-state index contributed by atoms with van der Waals surface area (Å²) < 4.78 is 5.11. The molecule has 1 aromatic rings. The lowest BCUT2D eigenvalue weighted by atomic mass is 10.2. The van der Waals surface area contributed by atoms with Gasteiger partial charge in [0.2, 0.25) is 0 Å². The molecule has 1 fully saturated rings. The van der Waals surface area contributed by atoms with Gasteiger partial charge in [0.15, 0.2) is 5.96 Å². The Hall–Kier alpha value is -1.63. The van der Waals surface area contributed by atoms with Crippen molar-refractivity contribution in [3.8, 4) is 0 Å². The lowest BCUT2D eigenvalue weighted by molar-refractivity contribution is 0.161. The van der Waals surface area contributed by atoms with Crippen molar-refractivity contribution in [1.82, 2.24) is 20.4 Å². The summed E-state index contributed by atoms with van der Waals surface area (Å²) in [6.07, 6.45) is 3.62. The van der Waals surface area contributed by atoms with Gasteiger partial charge in [-0.05, 0) is 45.0 Å². The second-order valence-corrected chi connectivity index (χ2v) is 7.28. The van der Waals surface area contributed by atoms with Crippen LogP contribution in [-0.4, -0.2) is 82.3 Å². The molecule has 6 heteroatoms. The molecule has 2 N–H and O–H groups in total. The summed E-state index contributed by atoms with van der Waals surface area (Å²) in [5.41, 5.74) is 1.39. The number of methoxy groups -OCH3 is 1. The normalized spacial score (nSPS) is 18.2. The zero-order valence-electron chi connectivity index (χ0n) is 17.3. The average molecular weight is 376 g/mol. The molecule has 27 heavy (non-hydrogen) atoms. The molecule has 6 nitrogen and oxygen atoms in total. The minimum absolute atomic E-state index is 0.573. The van der Waals surface area contributed by atoms with Crippen LogP contribution in [0.4, 0.5) is 0 Å². The van der Waals surface area contributed by atoms with Crippen molar-refractivity contribution in [3.05, 3.63) is 35.9 Å². The van der Waals surface area contributed by atoms with Crippen LogP contribution in [0, 0.1) is 0 Å². The molecule has 0 aromatic heterocycles. The van der Waals surface area contributed by atoms with Crippen LogP contribution in [-0.2, 0) is 11.3 Å². The van der Waals surface area contributed by atoms with Crippen LogP contribution in [0.3, 0.4) is 0 Å². The van der Waals surface area contributed by atoms with E-state index in [0.717, 1.165) is 51.7 Å². The third kappa shape index (κ3) is 8.28. The summed E-state index contributed by atoms with van der Waals surface area (Å²) in [6, 6.07) is 11.3. The van der Waals surface area contributed by atoms with Crippen molar-refractivity contribution in [2.75, 3.05) is 60.5 Å². The predicted molar refractivity (Wildman–Crippen MR) is 113 cm³/mol. The third-order valence-corrected chi connectivity index (χ3v) is 5.14. The highest BCUT2D eigenvalue weighted by molar-refractivity contribution is 5.79. The predicted octanol–water partition coefficient (Wildman–Crippen LogP) is 1.78. The molecule has 0 aliphatic carbocycles. The van der Waals surface area contributed by atoms with Gasteiger partial charge in [-0.3, -0.25) is 9.89 Å². The standard InChI is InChI=1S/C21H37N5O/c1-22-21(23-12-8-13-25(2)15-16-27-3)24-17-20-11-7-14-26(20)18-19-9-5-4-6-10-19/h4-6,9-10,20H,7-8,11-18H2,1-3H3,(H2,22,23,24). The number of hydrogen-bond acceptors (Lipinski definition) is 4. The van der Waals surface area contributed by atoms with Crippen LogP contribution in [0.25, 0.3) is 0 Å². The molecular formula is C21H37N5O. The SMILES string of the molecule is CN=C(NCCCN(C)CCOC)NCC1CCCN1Cc1ccccc1. The molecule has 1 atom stereocenters. The number of nitrogens with zero attached hydrogens (tertiary/aromatic N) is 3. The number of nitrogens with one attached hydrogen (secondary N) is 2. The van der Waals surface area contributed by atoms with E-state index < -0.39 is 0 Å². The Morgan fingerprint density at radius 2 is 2.07 bits per heavy atom. The zero-order valence-corrected chi connectivity index (χ0v) is 17.3. The Bertz CT molecular complexity index is 537. The number of hydrogen-bond donors (Lipinski definition) is 2. The maximum absolute atomic E-state index is 5.11. The molecule has 0 bridgehead atoms. The van der Waals surface area contributed by atoms with Crippen molar-refractivity contribution < 1.29 is 4.74 Å². The highest BCUT2D eigenvalue weighted by Gasteiger charge is 2.24. The van der Waals surface area contributed by atoms with Gasteiger partial charge in [-0.1, -0.05) is 30.3 Å². The van der Waals surface area contributed by atoms with Gasteiger partial charge in [0, 0.05) is 46.4 Å². The molecule has 0 radical (unpaired) electrons. The summed E-state index contributed by atoms with van der Waals surface area (Å²) in [7, 11) is 5.72. The number of aliphatic imine (C=N–C) groups is 1. The highest BCUT2D eigenvalue weighted by atomic mass is 16.5. The van der Waals surface area contributed by atoms with E-state index in [4.69, 9.17) is 4.74 Å². The average Bonchev–Trinajstić information content (AvgIpc) is 3.13. The summed E-state index contributed by atoms with van der Waals surface area (Å²) in [4.78, 5) is 9.24. The van der Waals surface area contributed by atoms with Gasteiger partial charge in [0.05, 0.1) is 6.61 Å². The quantitative estimate of drug-likeness (QED) is 0.351. The molecule has 1 heterocycles. The first-order chi connectivity index (χ1) is 13.2. The zero-order chi connectivity index (χ0) is 19.3. The largest absolute Gasteiger partial charge is 0.383 e. The van der Waals surface area contributed by atoms with Gasteiger partial charge < -0.3 is 20.3 Å². The number of rotatable bonds is 11. The second-order valence-electron chi connectivity index (χ2n) is 7.28. The molecule has 0 amide bonds. The minimum atomic E-state index is 0.573. The number of benzene rings is 1. The van der Waals surface area contributed by atoms with E-state index in [-0.39, 0.29) is 0 Å². The molecule has 1 aliphatic rings. The van der Waals surface area contributed by atoms with E-state index in [9.17, 15) is 0 Å². The van der Waals surface area contributed by atoms with Crippen LogP contribution in [0.2, 0.25) is 0 Å². The fourth-order valence-corrected chi connectivity index (χ4v) is 3.50. The van der Waals surface area contributed by atoms with E-state index in [1.807, 2.05) is 7.05 Å². The highest BCUT2D eigenvalue weighted by Crippen LogP contribution is 2.19. The van der Waals surface area contributed by atoms with Crippen molar-refractivity contribution >= 4 is 5.96 Å². The third-order valence-electron chi connectivity index (χ3n) is 5.14. The Balaban J connectivity index is 1.65. The van der Waals surface area contributed by atoms with E-state index in [2.05, 4.69) is 62.8 Å². The lowest BCUT2D eigenvalue weighted by Crippen LogP contribution is -2.45. The van der Waals surface area contributed by atoms with Crippen LogP contribution < -0.4 is 10.6 Å². The van der Waals surface area contributed by atoms with Gasteiger partial charge in [-0.25, -0.2) is 0 Å². The van der Waals surface area contributed by atoms with Gasteiger partial charge >= 0.3 is 0 Å². The topological polar surface area (TPSA) is 52.1 Å². The molecule has 1 unspecified atom stereocenters. The van der Waals surface area contributed by atoms with Crippen molar-refractivity contribution in [1.29, 1.82) is 0 Å². The van der Waals surface area contributed by atoms with Gasteiger partial charge in [-0.15, -0.1) is 0 Å². The summed E-state index contributed by atoms with van der Waals surface area (Å²) in [5.74, 6) is 0.904. The summed E-state index contributed by atoms with van der Waals surface area (Å²) in [6.45, 7) is 6.90. The molecule has 2 rings (SSSR count). The van der Waals surface area contributed by atoms with Crippen molar-refractivity contribution in [2.24, 2.45) is 4.99 Å². The van der Waals surface area contributed by atoms with Gasteiger partial charge in [0.1, 0.15) is 0 Å². The minimum Gasteiger partial charge on any atom is -0.383 e. The Kier molecular flexibility index (Phi) is 10.2. The number of likely N-dealkylation sites (tertiary alicyclic amines) is 1. The first-order valence-corrected chi connectivity index (χ1v) is 10.1. The van der Waals surface area contributed by atoms with E-state index in [1.165, 1.54) is 24.9 Å². The Labute approximate surface area is 165 Å².